The summed E-state index contributed by atoms with van der Waals surface area (Å²) >= 11 is 0. The molecule has 0 aromatic heterocycles. The number of rotatable bonds is 7. The van der Waals surface area contributed by atoms with Crippen LogP contribution in [-0.4, -0.2) is 36.4 Å². The Morgan fingerprint density at radius 1 is 1.18 bits per heavy atom. The van der Waals surface area contributed by atoms with Gasteiger partial charge in [0.1, 0.15) is 5.82 Å². The second-order valence-corrected chi connectivity index (χ2v) is 8.53. The molecule has 2 fully saturated rings. The van der Waals surface area contributed by atoms with Crippen LogP contribution in [0.2, 0.25) is 0 Å². The normalized spacial score (nSPS) is 28.8. The molecule has 1 aliphatic carbocycles. The van der Waals surface area contributed by atoms with Crippen molar-refractivity contribution >= 4 is 0 Å². The van der Waals surface area contributed by atoms with Gasteiger partial charge in [-0.25, -0.2) is 4.39 Å². The van der Waals surface area contributed by atoms with Crippen molar-refractivity contribution < 1.29 is 9.50 Å². The van der Waals surface area contributed by atoms with E-state index in [2.05, 4.69) is 41.0 Å². The largest absolute Gasteiger partial charge is 0.390 e. The van der Waals surface area contributed by atoms with Crippen LogP contribution in [0.15, 0.2) is 54.6 Å². The van der Waals surface area contributed by atoms with Gasteiger partial charge in [-0.15, -0.1) is 0 Å². The van der Waals surface area contributed by atoms with E-state index >= 15 is 0 Å². The summed E-state index contributed by atoms with van der Waals surface area (Å²) in [6.45, 7) is 3.78. The van der Waals surface area contributed by atoms with E-state index in [1.54, 1.807) is 12.1 Å². The number of piperidine rings is 1. The molecule has 0 bridgehead atoms. The smallest absolute Gasteiger partial charge is 0.123 e. The molecule has 4 rings (SSSR count). The van der Waals surface area contributed by atoms with E-state index in [0.29, 0.717) is 17.8 Å². The SMILES string of the molecule is CCN[C@@H](Cc1cccc(F)c1)[C@H](O)[C@H]1CC2(CCN1)CC2c1ccccc1. The molecule has 3 nitrogen and oxygen atoms in total. The molecule has 0 amide bonds. The molecule has 150 valence electrons. The molecule has 3 N–H and O–H groups in total. The van der Waals surface area contributed by atoms with E-state index in [9.17, 15) is 9.50 Å². The van der Waals surface area contributed by atoms with Gasteiger partial charge in [0, 0.05) is 12.1 Å². The van der Waals surface area contributed by atoms with Crippen molar-refractivity contribution in [1.82, 2.24) is 10.6 Å². The van der Waals surface area contributed by atoms with Crippen LogP contribution >= 0.6 is 0 Å². The maximum absolute atomic E-state index is 13.6. The lowest BCUT2D eigenvalue weighted by Gasteiger charge is -2.38. The van der Waals surface area contributed by atoms with Crippen LogP contribution in [0, 0.1) is 11.2 Å². The van der Waals surface area contributed by atoms with Crippen molar-refractivity contribution in [1.29, 1.82) is 0 Å². The minimum atomic E-state index is -0.502. The summed E-state index contributed by atoms with van der Waals surface area (Å²) in [5.74, 6) is 0.395. The summed E-state index contributed by atoms with van der Waals surface area (Å²) in [5.41, 5.74) is 2.68. The van der Waals surface area contributed by atoms with Crippen LogP contribution in [0.3, 0.4) is 0 Å². The Labute approximate surface area is 167 Å². The molecule has 2 aliphatic rings. The van der Waals surface area contributed by atoms with Crippen molar-refractivity contribution in [3.05, 3.63) is 71.5 Å². The maximum atomic E-state index is 13.6. The summed E-state index contributed by atoms with van der Waals surface area (Å²) in [6, 6.07) is 17.5. The van der Waals surface area contributed by atoms with E-state index in [1.165, 1.54) is 24.5 Å². The lowest BCUT2D eigenvalue weighted by atomic mass is 9.81. The average Bonchev–Trinajstić information content (AvgIpc) is 3.40. The van der Waals surface area contributed by atoms with E-state index in [1.807, 2.05) is 13.0 Å². The molecule has 5 atom stereocenters. The van der Waals surface area contributed by atoms with Gasteiger partial charge in [-0.2, -0.15) is 0 Å². The highest BCUT2D eigenvalue weighted by Crippen LogP contribution is 2.65. The molecule has 1 heterocycles. The number of aliphatic hydroxyl groups excluding tert-OH is 1. The lowest BCUT2D eigenvalue weighted by Crippen LogP contribution is -2.55. The summed E-state index contributed by atoms with van der Waals surface area (Å²) in [4.78, 5) is 0. The molecule has 0 radical (unpaired) electrons. The van der Waals surface area contributed by atoms with Crippen LogP contribution in [-0.2, 0) is 6.42 Å². The molecule has 1 aliphatic heterocycles. The number of aliphatic hydroxyl groups is 1. The van der Waals surface area contributed by atoms with Gasteiger partial charge >= 0.3 is 0 Å². The number of hydrogen-bond acceptors (Lipinski definition) is 3. The van der Waals surface area contributed by atoms with Crippen molar-refractivity contribution in [3.8, 4) is 0 Å². The summed E-state index contributed by atoms with van der Waals surface area (Å²) in [7, 11) is 0. The predicted octanol–water partition coefficient (Wildman–Crippen LogP) is 3.63. The molecule has 2 aromatic carbocycles. The highest BCUT2D eigenvalue weighted by atomic mass is 19.1. The standard InChI is InChI=1S/C24H31FN2O/c1-2-26-21(14-17-7-6-10-19(25)13-17)23(28)22-16-24(11-12-27-22)15-20(24)18-8-4-3-5-9-18/h3-10,13,20-23,26-28H,2,11-12,14-16H2,1H3/t20?,21-,22+,23-,24?/m0/s1. The summed E-state index contributed by atoms with van der Waals surface area (Å²) in [5, 5.41) is 18.2. The first-order valence-electron chi connectivity index (χ1n) is 10.6. The molecule has 4 heteroatoms. The Bertz CT molecular complexity index is 783. The Hall–Kier alpha value is -1.75. The lowest BCUT2D eigenvalue weighted by molar-refractivity contribution is 0.0602. The zero-order chi connectivity index (χ0) is 19.6. The highest BCUT2D eigenvalue weighted by molar-refractivity contribution is 5.31. The third kappa shape index (κ3) is 4.14. The van der Waals surface area contributed by atoms with Crippen LogP contribution in [0.4, 0.5) is 4.39 Å². The third-order valence-corrected chi connectivity index (χ3v) is 6.68. The van der Waals surface area contributed by atoms with Crippen LogP contribution < -0.4 is 10.6 Å². The first-order chi connectivity index (χ1) is 13.6. The van der Waals surface area contributed by atoms with E-state index in [-0.39, 0.29) is 17.9 Å². The van der Waals surface area contributed by atoms with Crippen molar-refractivity contribution in [2.24, 2.45) is 5.41 Å². The minimum absolute atomic E-state index is 0.0695. The molecule has 28 heavy (non-hydrogen) atoms. The fraction of sp³-hybridized carbons (Fsp3) is 0.500. The van der Waals surface area contributed by atoms with Crippen molar-refractivity contribution in [2.75, 3.05) is 13.1 Å². The number of nitrogens with one attached hydrogen (secondary N) is 2. The average molecular weight is 383 g/mol. The highest BCUT2D eigenvalue weighted by Gasteiger charge is 2.57. The fourth-order valence-corrected chi connectivity index (χ4v) is 5.14. The monoisotopic (exact) mass is 382 g/mol. The molecular weight excluding hydrogens is 351 g/mol. The molecule has 2 aromatic rings. The van der Waals surface area contributed by atoms with E-state index in [0.717, 1.165) is 25.1 Å². The summed E-state index contributed by atoms with van der Waals surface area (Å²) in [6.07, 6.45) is 3.51. The predicted molar refractivity (Wildman–Crippen MR) is 111 cm³/mol. The minimum Gasteiger partial charge on any atom is -0.390 e. The third-order valence-electron chi connectivity index (χ3n) is 6.68. The van der Waals surface area contributed by atoms with Gasteiger partial charge in [0.25, 0.3) is 0 Å². The van der Waals surface area contributed by atoms with E-state index in [4.69, 9.17) is 0 Å². The summed E-state index contributed by atoms with van der Waals surface area (Å²) < 4.78 is 13.6. The Morgan fingerprint density at radius 3 is 2.75 bits per heavy atom. The number of hydrogen-bond donors (Lipinski definition) is 3. The van der Waals surface area contributed by atoms with Crippen molar-refractivity contribution in [2.45, 2.75) is 56.7 Å². The molecule has 1 saturated carbocycles. The first kappa shape index (κ1) is 19.6. The molecule has 2 unspecified atom stereocenters. The van der Waals surface area contributed by atoms with Crippen LogP contribution in [0.25, 0.3) is 0 Å². The van der Waals surface area contributed by atoms with Gasteiger partial charge in [0.05, 0.1) is 6.10 Å². The van der Waals surface area contributed by atoms with Gasteiger partial charge in [-0.3, -0.25) is 0 Å². The Balaban J connectivity index is 1.44. The number of benzene rings is 2. The second-order valence-electron chi connectivity index (χ2n) is 8.53. The first-order valence-corrected chi connectivity index (χ1v) is 10.6. The van der Waals surface area contributed by atoms with Gasteiger partial charge < -0.3 is 15.7 Å². The van der Waals surface area contributed by atoms with Crippen molar-refractivity contribution in [3.63, 3.8) is 0 Å². The van der Waals surface area contributed by atoms with Gasteiger partial charge in [-0.05, 0) is 73.4 Å². The topological polar surface area (TPSA) is 44.3 Å². The van der Waals surface area contributed by atoms with Crippen LogP contribution in [0.1, 0.15) is 43.2 Å². The fourth-order valence-electron chi connectivity index (χ4n) is 5.14. The number of likely N-dealkylation sites (N-methyl/N-ethyl adjacent to an activating group) is 1. The number of halogens is 1. The van der Waals surface area contributed by atoms with Gasteiger partial charge in [0.15, 0.2) is 0 Å². The maximum Gasteiger partial charge on any atom is 0.123 e. The molecule has 1 saturated heterocycles. The van der Waals surface area contributed by atoms with Gasteiger partial charge in [0.2, 0.25) is 0 Å². The van der Waals surface area contributed by atoms with Gasteiger partial charge in [-0.1, -0.05) is 49.4 Å². The van der Waals surface area contributed by atoms with E-state index < -0.39 is 6.10 Å². The Morgan fingerprint density at radius 2 is 2.00 bits per heavy atom. The zero-order valence-electron chi connectivity index (χ0n) is 16.6. The Kier molecular flexibility index (Phi) is 5.81. The van der Waals surface area contributed by atoms with Crippen LogP contribution in [0.5, 0.6) is 0 Å². The molecular formula is C24H31FN2O. The quantitative estimate of drug-likeness (QED) is 0.685. The second kappa shape index (κ2) is 8.32. The zero-order valence-corrected chi connectivity index (χ0v) is 16.6. The molecule has 1 spiro atoms.